The number of nitrogens with zero attached hydrogens (tertiary/aromatic N) is 1. The summed E-state index contributed by atoms with van der Waals surface area (Å²) in [6.45, 7) is 4.11. The number of amides is 2. The van der Waals surface area contributed by atoms with E-state index in [1.807, 2.05) is 38.1 Å². The first kappa shape index (κ1) is 24.8. The molecule has 186 valence electrons. The number of hydrogen-bond donors (Lipinski definition) is 2. The van der Waals surface area contributed by atoms with E-state index in [0.29, 0.717) is 19.4 Å². The van der Waals surface area contributed by atoms with Crippen LogP contribution in [-0.2, 0) is 14.3 Å². The van der Waals surface area contributed by atoms with Crippen molar-refractivity contribution in [3.05, 3.63) is 59.7 Å². The average molecular weight is 479 g/mol. The molecule has 0 bridgehead atoms. The fourth-order valence-electron chi connectivity index (χ4n) is 5.50. The standard InChI is InChI=1S/C28H34N2O5/c1-3-18(2)30(16-26(31)32)27(33)20-14-8-9-19(20)15-29-28(34)35-17-25-23-12-6-4-10-21(23)22-11-5-7-13-24(22)25/h4-7,10-13,18-20,25H,3,8-9,14-17H2,1-2H3,(H,29,34)(H,31,32). The first-order valence-electron chi connectivity index (χ1n) is 12.5. The molecule has 7 nitrogen and oxygen atoms in total. The fraction of sp³-hybridized carbons (Fsp3) is 0.464. The summed E-state index contributed by atoms with van der Waals surface area (Å²) in [5.41, 5.74) is 4.67. The number of aliphatic carboxylic acids is 1. The van der Waals surface area contributed by atoms with Crippen LogP contribution < -0.4 is 5.32 Å². The summed E-state index contributed by atoms with van der Waals surface area (Å²) in [6.07, 6.45) is 2.61. The molecule has 2 aliphatic carbocycles. The molecule has 35 heavy (non-hydrogen) atoms. The van der Waals surface area contributed by atoms with Gasteiger partial charge in [-0.05, 0) is 54.4 Å². The molecule has 1 fully saturated rings. The Morgan fingerprint density at radius 3 is 2.29 bits per heavy atom. The Morgan fingerprint density at radius 1 is 1.06 bits per heavy atom. The van der Waals surface area contributed by atoms with E-state index in [1.165, 1.54) is 16.0 Å². The number of fused-ring (bicyclic) bond motifs is 3. The predicted octanol–water partition coefficient (Wildman–Crippen LogP) is 4.65. The van der Waals surface area contributed by atoms with Crippen LogP contribution in [0.1, 0.15) is 56.6 Å². The molecule has 0 saturated heterocycles. The summed E-state index contributed by atoms with van der Waals surface area (Å²) >= 11 is 0. The maximum atomic E-state index is 13.2. The van der Waals surface area contributed by atoms with Gasteiger partial charge in [-0.25, -0.2) is 4.79 Å². The predicted molar refractivity (Wildman–Crippen MR) is 133 cm³/mol. The highest BCUT2D eigenvalue weighted by Gasteiger charge is 2.37. The van der Waals surface area contributed by atoms with Crippen LogP contribution in [0.3, 0.4) is 0 Å². The van der Waals surface area contributed by atoms with Crippen molar-refractivity contribution in [1.82, 2.24) is 10.2 Å². The number of hydrogen-bond acceptors (Lipinski definition) is 4. The highest BCUT2D eigenvalue weighted by Crippen LogP contribution is 2.44. The normalized spacial score (nSPS) is 19.5. The molecule has 4 rings (SSSR count). The smallest absolute Gasteiger partial charge is 0.407 e. The van der Waals surface area contributed by atoms with Crippen LogP contribution >= 0.6 is 0 Å². The van der Waals surface area contributed by atoms with Crippen LogP contribution in [0.5, 0.6) is 0 Å². The molecule has 0 radical (unpaired) electrons. The quantitative estimate of drug-likeness (QED) is 0.547. The molecule has 0 aromatic heterocycles. The number of carbonyl (C=O) groups is 3. The lowest BCUT2D eigenvalue weighted by molar-refractivity contribution is -0.148. The molecule has 7 heteroatoms. The molecule has 3 atom stereocenters. The number of rotatable bonds is 9. The van der Waals surface area contributed by atoms with Gasteiger partial charge in [0.2, 0.25) is 5.91 Å². The zero-order valence-corrected chi connectivity index (χ0v) is 20.4. The monoisotopic (exact) mass is 478 g/mol. The van der Waals surface area contributed by atoms with Crippen LogP contribution in [0.4, 0.5) is 4.79 Å². The van der Waals surface area contributed by atoms with Crippen LogP contribution in [0, 0.1) is 11.8 Å². The lowest BCUT2D eigenvalue weighted by Gasteiger charge is -2.31. The lowest BCUT2D eigenvalue weighted by atomic mass is 9.93. The number of ether oxygens (including phenoxy) is 1. The SMILES string of the molecule is CCC(C)N(CC(=O)O)C(=O)C1CCCC1CNC(=O)OCC1c2ccccc2-c2ccccc21. The largest absolute Gasteiger partial charge is 0.480 e. The Kier molecular flexibility index (Phi) is 7.73. The number of alkyl carbamates (subject to hydrolysis) is 1. The number of carboxylic acids is 1. The molecule has 0 heterocycles. The van der Waals surface area contributed by atoms with E-state index in [4.69, 9.17) is 4.74 Å². The highest BCUT2D eigenvalue weighted by molar-refractivity contribution is 5.84. The van der Waals surface area contributed by atoms with Crippen molar-refractivity contribution in [2.45, 2.75) is 51.5 Å². The van der Waals surface area contributed by atoms with Crippen LogP contribution in [0.15, 0.2) is 48.5 Å². The van der Waals surface area contributed by atoms with E-state index in [2.05, 4.69) is 29.6 Å². The van der Waals surface area contributed by atoms with Crippen molar-refractivity contribution in [3.8, 4) is 11.1 Å². The molecule has 0 aliphatic heterocycles. The van der Waals surface area contributed by atoms with E-state index >= 15 is 0 Å². The summed E-state index contributed by atoms with van der Waals surface area (Å²) in [5, 5.41) is 12.1. The first-order valence-corrected chi connectivity index (χ1v) is 12.5. The Morgan fingerprint density at radius 2 is 1.69 bits per heavy atom. The number of nitrogens with one attached hydrogen (secondary N) is 1. The molecular formula is C28H34N2O5. The molecule has 1 saturated carbocycles. The zero-order valence-electron chi connectivity index (χ0n) is 20.4. The van der Waals surface area contributed by atoms with Crippen molar-refractivity contribution in [1.29, 1.82) is 0 Å². The van der Waals surface area contributed by atoms with Gasteiger partial charge in [0.25, 0.3) is 0 Å². The van der Waals surface area contributed by atoms with Crippen molar-refractivity contribution < 1.29 is 24.2 Å². The number of carboxylic acid groups (broad SMARTS) is 1. The minimum Gasteiger partial charge on any atom is -0.480 e. The molecule has 3 unspecified atom stereocenters. The summed E-state index contributed by atoms with van der Waals surface area (Å²) in [6, 6.07) is 16.2. The van der Waals surface area contributed by atoms with Crippen molar-refractivity contribution >= 4 is 18.0 Å². The summed E-state index contributed by atoms with van der Waals surface area (Å²) in [7, 11) is 0. The van der Waals surface area contributed by atoms with E-state index in [1.54, 1.807) is 0 Å². The second kappa shape index (κ2) is 10.9. The maximum absolute atomic E-state index is 13.2. The van der Waals surface area contributed by atoms with E-state index in [9.17, 15) is 19.5 Å². The van der Waals surface area contributed by atoms with Gasteiger partial charge >= 0.3 is 12.1 Å². The molecule has 2 aromatic carbocycles. The third-order valence-corrected chi connectivity index (χ3v) is 7.54. The topological polar surface area (TPSA) is 95.9 Å². The molecular weight excluding hydrogens is 444 g/mol. The molecule has 2 amide bonds. The maximum Gasteiger partial charge on any atom is 0.407 e. The second-order valence-electron chi connectivity index (χ2n) is 9.62. The second-order valence-corrected chi connectivity index (χ2v) is 9.62. The van der Waals surface area contributed by atoms with E-state index < -0.39 is 12.1 Å². The lowest BCUT2D eigenvalue weighted by Crippen LogP contribution is -2.46. The first-order chi connectivity index (χ1) is 16.9. The van der Waals surface area contributed by atoms with Gasteiger partial charge in [0.15, 0.2) is 0 Å². The van der Waals surface area contributed by atoms with Crippen LogP contribution in [0.2, 0.25) is 0 Å². The molecule has 2 aromatic rings. The van der Waals surface area contributed by atoms with Crippen molar-refractivity contribution in [2.75, 3.05) is 19.7 Å². The van der Waals surface area contributed by atoms with Crippen LogP contribution in [-0.4, -0.2) is 53.7 Å². The van der Waals surface area contributed by atoms with Gasteiger partial charge in [-0.15, -0.1) is 0 Å². The zero-order chi connectivity index (χ0) is 24.9. The van der Waals surface area contributed by atoms with Crippen molar-refractivity contribution in [2.24, 2.45) is 11.8 Å². The van der Waals surface area contributed by atoms with Gasteiger partial charge < -0.3 is 20.1 Å². The van der Waals surface area contributed by atoms with E-state index in [-0.39, 0.29) is 42.9 Å². The van der Waals surface area contributed by atoms with Gasteiger partial charge in [-0.3, -0.25) is 9.59 Å². The minimum absolute atomic E-state index is 0.00550. The summed E-state index contributed by atoms with van der Waals surface area (Å²) in [5.74, 6) is -1.45. The Bertz CT molecular complexity index is 1040. The highest BCUT2D eigenvalue weighted by atomic mass is 16.5. The van der Waals surface area contributed by atoms with Crippen molar-refractivity contribution in [3.63, 3.8) is 0 Å². The fourth-order valence-corrected chi connectivity index (χ4v) is 5.50. The van der Waals surface area contributed by atoms with Gasteiger partial charge in [-0.2, -0.15) is 0 Å². The summed E-state index contributed by atoms with van der Waals surface area (Å²) in [4.78, 5) is 38.6. The third kappa shape index (κ3) is 5.34. The molecule has 0 spiro atoms. The van der Waals surface area contributed by atoms with Gasteiger partial charge in [0.05, 0.1) is 0 Å². The number of benzene rings is 2. The van der Waals surface area contributed by atoms with Gasteiger partial charge in [-0.1, -0.05) is 61.9 Å². The van der Waals surface area contributed by atoms with E-state index in [0.717, 1.165) is 24.0 Å². The summed E-state index contributed by atoms with van der Waals surface area (Å²) < 4.78 is 5.63. The van der Waals surface area contributed by atoms with Gasteiger partial charge in [0.1, 0.15) is 13.2 Å². The Labute approximate surface area is 206 Å². The Hall–Kier alpha value is -3.35. The van der Waals surface area contributed by atoms with Crippen LogP contribution in [0.25, 0.3) is 11.1 Å². The minimum atomic E-state index is -1.01. The molecule has 2 N–H and O–H groups in total. The number of carbonyl (C=O) groups excluding carboxylic acids is 2. The van der Waals surface area contributed by atoms with Gasteiger partial charge in [0, 0.05) is 24.4 Å². The third-order valence-electron chi connectivity index (χ3n) is 7.54. The Balaban J connectivity index is 1.34. The average Bonchev–Trinajstić information content (AvgIpc) is 3.46. The molecule has 2 aliphatic rings.